The van der Waals surface area contributed by atoms with Gasteiger partial charge in [-0.3, -0.25) is 9.69 Å². The molecular weight excluding hydrogens is 268 g/mol. The van der Waals surface area contributed by atoms with E-state index >= 15 is 0 Å². The third kappa shape index (κ3) is 4.47. The minimum absolute atomic E-state index is 0.0412. The first kappa shape index (κ1) is 15.3. The molecule has 0 aliphatic carbocycles. The number of hydrogen-bond acceptors (Lipinski definition) is 5. The summed E-state index contributed by atoms with van der Waals surface area (Å²) < 4.78 is 10.4. The first-order valence-electron chi connectivity index (χ1n) is 7.16. The van der Waals surface area contributed by atoms with Gasteiger partial charge in [-0.25, -0.2) is 0 Å². The molecule has 2 rings (SSSR count). The van der Waals surface area contributed by atoms with E-state index in [1.807, 2.05) is 12.1 Å². The highest BCUT2D eigenvalue weighted by atomic mass is 16.5. The summed E-state index contributed by atoms with van der Waals surface area (Å²) in [5.74, 6) is 0.664. The van der Waals surface area contributed by atoms with Crippen LogP contribution in [0.4, 0.5) is 0 Å². The van der Waals surface area contributed by atoms with Crippen molar-refractivity contribution in [2.75, 3.05) is 33.4 Å². The summed E-state index contributed by atoms with van der Waals surface area (Å²) in [6.45, 7) is 3.19. The molecule has 1 heterocycles. The van der Waals surface area contributed by atoms with Crippen molar-refractivity contribution < 1.29 is 14.3 Å². The Labute approximate surface area is 125 Å². The van der Waals surface area contributed by atoms with Crippen LogP contribution in [0.3, 0.4) is 0 Å². The number of hydrogen-bond donors (Lipinski definition) is 0. The van der Waals surface area contributed by atoms with Crippen molar-refractivity contribution in [2.24, 2.45) is 5.92 Å². The molecule has 1 saturated heterocycles. The summed E-state index contributed by atoms with van der Waals surface area (Å²) in [4.78, 5) is 13.7. The van der Waals surface area contributed by atoms with Crippen molar-refractivity contribution in [3.05, 3.63) is 29.8 Å². The van der Waals surface area contributed by atoms with Gasteiger partial charge in [0.2, 0.25) is 0 Å². The lowest BCUT2D eigenvalue weighted by Crippen LogP contribution is -2.38. The Morgan fingerprint density at radius 2 is 2.19 bits per heavy atom. The predicted molar refractivity (Wildman–Crippen MR) is 77.8 cm³/mol. The number of nitriles is 1. The zero-order valence-corrected chi connectivity index (χ0v) is 12.2. The van der Waals surface area contributed by atoms with Crippen molar-refractivity contribution in [3.63, 3.8) is 0 Å². The summed E-state index contributed by atoms with van der Waals surface area (Å²) >= 11 is 0. The second-order valence-corrected chi connectivity index (χ2v) is 5.13. The van der Waals surface area contributed by atoms with Gasteiger partial charge in [0, 0.05) is 6.54 Å². The molecule has 0 N–H and O–H groups in total. The largest absolute Gasteiger partial charge is 0.492 e. The molecule has 1 aliphatic rings. The number of rotatable bonds is 5. The van der Waals surface area contributed by atoms with Gasteiger partial charge in [0.15, 0.2) is 0 Å². The highest BCUT2D eigenvalue weighted by Gasteiger charge is 2.25. The number of ether oxygens (including phenoxy) is 2. The molecule has 0 unspecified atom stereocenters. The molecule has 0 atom stereocenters. The van der Waals surface area contributed by atoms with Crippen molar-refractivity contribution in [2.45, 2.75) is 12.8 Å². The number of nitrogens with zero attached hydrogens (tertiary/aromatic N) is 2. The van der Waals surface area contributed by atoms with Gasteiger partial charge in [-0.1, -0.05) is 6.07 Å². The maximum atomic E-state index is 11.4. The van der Waals surface area contributed by atoms with Gasteiger partial charge in [-0.2, -0.15) is 5.26 Å². The van der Waals surface area contributed by atoms with Crippen molar-refractivity contribution in [3.8, 4) is 11.8 Å². The van der Waals surface area contributed by atoms with E-state index in [1.54, 1.807) is 12.1 Å². The number of likely N-dealkylation sites (tertiary alicyclic amines) is 1. The summed E-state index contributed by atoms with van der Waals surface area (Å²) in [5, 5.41) is 8.83. The molecule has 0 amide bonds. The van der Waals surface area contributed by atoms with E-state index in [0.29, 0.717) is 12.2 Å². The second kappa shape index (κ2) is 7.65. The average molecular weight is 288 g/mol. The molecule has 5 nitrogen and oxygen atoms in total. The lowest BCUT2D eigenvalue weighted by atomic mass is 9.97. The van der Waals surface area contributed by atoms with Crippen LogP contribution in [-0.2, 0) is 9.53 Å². The zero-order valence-electron chi connectivity index (χ0n) is 12.2. The maximum absolute atomic E-state index is 11.4. The van der Waals surface area contributed by atoms with E-state index in [9.17, 15) is 4.79 Å². The number of carbonyl (C=O) groups excluding carboxylic acids is 1. The number of piperidine rings is 1. The van der Waals surface area contributed by atoms with Crippen LogP contribution in [0.25, 0.3) is 0 Å². The van der Waals surface area contributed by atoms with Crippen molar-refractivity contribution in [1.82, 2.24) is 4.90 Å². The number of esters is 1. The lowest BCUT2D eigenvalue weighted by molar-refractivity contribution is -0.147. The Morgan fingerprint density at radius 3 is 2.86 bits per heavy atom. The van der Waals surface area contributed by atoms with Gasteiger partial charge >= 0.3 is 5.97 Å². The lowest BCUT2D eigenvalue weighted by Gasteiger charge is -2.30. The number of carbonyl (C=O) groups is 1. The highest BCUT2D eigenvalue weighted by molar-refractivity contribution is 5.72. The molecule has 1 aromatic carbocycles. The fourth-order valence-electron chi connectivity index (χ4n) is 2.51. The Kier molecular flexibility index (Phi) is 5.59. The van der Waals surface area contributed by atoms with E-state index in [-0.39, 0.29) is 11.9 Å². The Bertz CT molecular complexity index is 516. The molecule has 0 bridgehead atoms. The fraction of sp³-hybridized carbons (Fsp3) is 0.500. The van der Waals surface area contributed by atoms with Gasteiger partial charge in [-0.05, 0) is 44.1 Å². The summed E-state index contributed by atoms with van der Waals surface area (Å²) in [7, 11) is 1.44. The van der Waals surface area contributed by atoms with Gasteiger partial charge in [0.05, 0.1) is 24.7 Å². The summed E-state index contributed by atoms with van der Waals surface area (Å²) in [6, 6.07) is 9.25. The maximum Gasteiger partial charge on any atom is 0.308 e. The standard InChI is InChI=1S/C16H20N2O3/c1-20-16(19)14-5-7-18(8-6-14)9-10-21-15-4-2-3-13(11-15)12-17/h2-4,11,14H,5-10H2,1H3. The van der Waals surface area contributed by atoms with E-state index < -0.39 is 0 Å². The Morgan fingerprint density at radius 1 is 1.43 bits per heavy atom. The minimum Gasteiger partial charge on any atom is -0.492 e. The van der Waals surface area contributed by atoms with Crippen LogP contribution in [0, 0.1) is 17.2 Å². The van der Waals surface area contributed by atoms with Gasteiger partial charge in [0.1, 0.15) is 12.4 Å². The topological polar surface area (TPSA) is 62.6 Å². The summed E-state index contributed by atoms with van der Waals surface area (Å²) in [5.41, 5.74) is 0.603. The van der Waals surface area contributed by atoms with E-state index in [2.05, 4.69) is 11.0 Å². The Balaban J connectivity index is 1.70. The smallest absolute Gasteiger partial charge is 0.308 e. The molecule has 1 aromatic rings. The predicted octanol–water partition coefficient (Wildman–Crippen LogP) is 1.82. The van der Waals surface area contributed by atoms with Gasteiger partial charge in [-0.15, -0.1) is 0 Å². The van der Waals surface area contributed by atoms with Gasteiger partial charge < -0.3 is 9.47 Å². The van der Waals surface area contributed by atoms with Crippen molar-refractivity contribution >= 4 is 5.97 Å². The molecule has 0 radical (unpaired) electrons. The third-order valence-corrected chi connectivity index (χ3v) is 3.76. The van der Waals surface area contributed by atoms with E-state index in [0.717, 1.165) is 38.2 Å². The van der Waals surface area contributed by atoms with Crippen LogP contribution in [0.15, 0.2) is 24.3 Å². The number of benzene rings is 1. The van der Waals surface area contributed by atoms with E-state index in [4.69, 9.17) is 14.7 Å². The van der Waals surface area contributed by atoms with Crippen LogP contribution >= 0.6 is 0 Å². The van der Waals surface area contributed by atoms with Crippen LogP contribution in [0.2, 0.25) is 0 Å². The molecular formula is C16H20N2O3. The van der Waals surface area contributed by atoms with Gasteiger partial charge in [0.25, 0.3) is 0 Å². The molecule has 1 fully saturated rings. The monoisotopic (exact) mass is 288 g/mol. The zero-order chi connectivity index (χ0) is 15.1. The molecule has 112 valence electrons. The minimum atomic E-state index is -0.0979. The molecule has 0 aromatic heterocycles. The highest BCUT2D eigenvalue weighted by Crippen LogP contribution is 2.18. The molecule has 5 heteroatoms. The number of methoxy groups -OCH3 is 1. The van der Waals surface area contributed by atoms with Crippen LogP contribution in [0.1, 0.15) is 18.4 Å². The van der Waals surface area contributed by atoms with Crippen LogP contribution in [0.5, 0.6) is 5.75 Å². The second-order valence-electron chi connectivity index (χ2n) is 5.13. The van der Waals surface area contributed by atoms with Crippen LogP contribution in [-0.4, -0.2) is 44.2 Å². The van der Waals surface area contributed by atoms with Crippen molar-refractivity contribution in [1.29, 1.82) is 5.26 Å². The molecule has 21 heavy (non-hydrogen) atoms. The van der Waals surface area contributed by atoms with Crippen LogP contribution < -0.4 is 4.74 Å². The SMILES string of the molecule is COC(=O)C1CCN(CCOc2cccc(C#N)c2)CC1. The third-order valence-electron chi connectivity index (χ3n) is 3.76. The fourth-order valence-corrected chi connectivity index (χ4v) is 2.51. The normalized spacial score (nSPS) is 16.2. The van der Waals surface area contributed by atoms with E-state index in [1.165, 1.54) is 7.11 Å². The quantitative estimate of drug-likeness (QED) is 0.773. The molecule has 0 saturated carbocycles. The average Bonchev–Trinajstić information content (AvgIpc) is 2.55. The molecule has 1 aliphatic heterocycles. The molecule has 0 spiro atoms. The first-order valence-corrected chi connectivity index (χ1v) is 7.16. The first-order chi connectivity index (χ1) is 10.2. The Hall–Kier alpha value is -2.06. The summed E-state index contributed by atoms with van der Waals surface area (Å²) in [6.07, 6.45) is 1.69.